The summed E-state index contributed by atoms with van der Waals surface area (Å²) in [6.07, 6.45) is 5.49. The van der Waals surface area contributed by atoms with Crippen molar-refractivity contribution in [2.24, 2.45) is 0 Å². The Kier molecular flexibility index (Phi) is 4.28. The van der Waals surface area contributed by atoms with E-state index in [1.165, 1.54) is 24.0 Å². The number of nitrogens with one attached hydrogen (secondary N) is 1. The van der Waals surface area contributed by atoms with E-state index < -0.39 is 0 Å². The van der Waals surface area contributed by atoms with Gasteiger partial charge in [-0.05, 0) is 31.0 Å². The number of nitrogens with zero attached hydrogens (tertiary/aromatic N) is 1. The smallest absolute Gasteiger partial charge is 0.218 e. The highest BCUT2D eigenvalue weighted by molar-refractivity contribution is 5.29. The third kappa shape index (κ3) is 3.17. The molecule has 1 aromatic heterocycles. The Morgan fingerprint density at radius 1 is 1.10 bits per heavy atom. The summed E-state index contributed by atoms with van der Waals surface area (Å²) < 4.78 is 5.93. The third-order valence-corrected chi connectivity index (χ3v) is 3.70. The summed E-state index contributed by atoms with van der Waals surface area (Å²) >= 11 is 0. The zero-order chi connectivity index (χ0) is 13.6. The second-order valence-electron chi connectivity index (χ2n) is 5.17. The third-order valence-electron chi connectivity index (χ3n) is 3.70. The van der Waals surface area contributed by atoms with E-state index in [9.17, 15) is 0 Å². The molecule has 2 heterocycles. The molecule has 104 valence electrons. The summed E-state index contributed by atoms with van der Waals surface area (Å²) in [6.45, 7) is 1.65. The normalized spacial score (nSPS) is 18.7. The van der Waals surface area contributed by atoms with Crippen LogP contribution in [0.4, 0.5) is 0 Å². The topological polar surface area (TPSA) is 34.1 Å². The van der Waals surface area contributed by atoms with Crippen LogP contribution in [-0.2, 0) is 6.61 Å². The average molecular weight is 268 g/mol. The standard InChI is InChI=1S/C17H20N2O/c1-2-7-14(8-3-1)13-20-17-15(9-6-12-19-17)16-10-4-5-11-18-16/h1-3,6-9,12,16,18H,4-5,10-11,13H2/t16-/m0/s1. The molecule has 1 atom stereocenters. The second kappa shape index (κ2) is 6.53. The summed E-state index contributed by atoms with van der Waals surface area (Å²) in [5.74, 6) is 0.760. The molecule has 2 aromatic rings. The molecule has 1 N–H and O–H groups in total. The van der Waals surface area contributed by atoms with Crippen LogP contribution in [-0.4, -0.2) is 11.5 Å². The van der Waals surface area contributed by atoms with Crippen molar-refractivity contribution in [3.8, 4) is 5.88 Å². The minimum Gasteiger partial charge on any atom is -0.473 e. The molecule has 1 aliphatic heterocycles. The van der Waals surface area contributed by atoms with Crippen LogP contribution in [0.15, 0.2) is 48.7 Å². The predicted octanol–water partition coefficient (Wildman–Crippen LogP) is 3.48. The van der Waals surface area contributed by atoms with Gasteiger partial charge in [-0.1, -0.05) is 42.8 Å². The second-order valence-corrected chi connectivity index (χ2v) is 5.17. The molecule has 1 aromatic carbocycles. The molecule has 0 spiro atoms. The van der Waals surface area contributed by atoms with Crippen LogP contribution >= 0.6 is 0 Å². The lowest BCUT2D eigenvalue weighted by Gasteiger charge is -2.25. The molecular weight excluding hydrogens is 248 g/mol. The Balaban J connectivity index is 1.72. The summed E-state index contributed by atoms with van der Waals surface area (Å²) in [4.78, 5) is 4.41. The molecular formula is C17H20N2O. The number of rotatable bonds is 4. The molecule has 0 saturated carbocycles. The Bertz CT molecular complexity index is 536. The van der Waals surface area contributed by atoms with Crippen molar-refractivity contribution in [1.29, 1.82) is 0 Å². The number of hydrogen-bond donors (Lipinski definition) is 1. The fourth-order valence-corrected chi connectivity index (χ4v) is 2.63. The molecule has 1 fully saturated rings. The number of piperidine rings is 1. The predicted molar refractivity (Wildman–Crippen MR) is 79.6 cm³/mol. The number of hydrogen-bond acceptors (Lipinski definition) is 3. The largest absolute Gasteiger partial charge is 0.473 e. The monoisotopic (exact) mass is 268 g/mol. The first-order chi connectivity index (χ1) is 9.93. The van der Waals surface area contributed by atoms with Crippen LogP contribution in [0, 0.1) is 0 Å². The van der Waals surface area contributed by atoms with Crippen molar-refractivity contribution in [2.75, 3.05) is 6.54 Å². The number of benzene rings is 1. The first-order valence-corrected chi connectivity index (χ1v) is 7.28. The van der Waals surface area contributed by atoms with Gasteiger partial charge >= 0.3 is 0 Å². The minimum atomic E-state index is 0.378. The summed E-state index contributed by atoms with van der Waals surface area (Å²) in [6, 6.07) is 14.7. The highest BCUT2D eigenvalue weighted by atomic mass is 16.5. The van der Waals surface area contributed by atoms with Gasteiger partial charge in [-0.2, -0.15) is 0 Å². The molecule has 0 amide bonds. The zero-order valence-electron chi connectivity index (χ0n) is 11.6. The molecule has 1 saturated heterocycles. The van der Waals surface area contributed by atoms with Gasteiger partial charge in [0.2, 0.25) is 5.88 Å². The van der Waals surface area contributed by atoms with Gasteiger partial charge in [0.05, 0.1) is 0 Å². The molecule has 0 unspecified atom stereocenters. The van der Waals surface area contributed by atoms with Gasteiger partial charge in [-0.25, -0.2) is 4.98 Å². The number of pyridine rings is 1. The molecule has 20 heavy (non-hydrogen) atoms. The zero-order valence-corrected chi connectivity index (χ0v) is 11.6. The quantitative estimate of drug-likeness (QED) is 0.922. The number of aromatic nitrogens is 1. The lowest BCUT2D eigenvalue weighted by Crippen LogP contribution is -2.27. The first-order valence-electron chi connectivity index (χ1n) is 7.28. The fourth-order valence-electron chi connectivity index (χ4n) is 2.63. The van der Waals surface area contributed by atoms with Gasteiger partial charge in [0.1, 0.15) is 6.61 Å². The Morgan fingerprint density at radius 3 is 2.80 bits per heavy atom. The Labute approximate surface area is 120 Å². The van der Waals surface area contributed by atoms with E-state index in [2.05, 4.69) is 28.5 Å². The van der Waals surface area contributed by atoms with E-state index in [0.29, 0.717) is 12.6 Å². The van der Waals surface area contributed by atoms with Gasteiger partial charge in [0.25, 0.3) is 0 Å². The molecule has 3 rings (SSSR count). The minimum absolute atomic E-state index is 0.378. The van der Waals surface area contributed by atoms with Crippen LogP contribution in [0.5, 0.6) is 5.88 Å². The van der Waals surface area contributed by atoms with E-state index in [0.717, 1.165) is 18.8 Å². The molecule has 0 bridgehead atoms. The van der Waals surface area contributed by atoms with Crippen LogP contribution in [0.2, 0.25) is 0 Å². The van der Waals surface area contributed by atoms with Crippen LogP contribution in [0.1, 0.15) is 36.4 Å². The lowest BCUT2D eigenvalue weighted by molar-refractivity contribution is 0.282. The molecule has 3 nitrogen and oxygen atoms in total. The van der Waals surface area contributed by atoms with Crippen LogP contribution < -0.4 is 10.1 Å². The van der Waals surface area contributed by atoms with E-state index in [1.54, 1.807) is 6.20 Å². The maximum absolute atomic E-state index is 5.93. The molecule has 1 aliphatic rings. The van der Waals surface area contributed by atoms with Gasteiger partial charge in [0.15, 0.2) is 0 Å². The lowest BCUT2D eigenvalue weighted by atomic mass is 9.98. The highest BCUT2D eigenvalue weighted by Crippen LogP contribution is 2.29. The van der Waals surface area contributed by atoms with E-state index in [1.807, 2.05) is 24.3 Å². The van der Waals surface area contributed by atoms with Crippen molar-refractivity contribution in [1.82, 2.24) is 10.3 Å². The van der Waals surface area contributed by atoms with Gasteiger partial charge in [-0.3, -0.25) is 0 Å². The van der Waals surface area contributed by atoms with Crippen molar-refractivity contribution in [3.63, 3.8) is 0 Å². The number of ether oxygens (including phenoxy) is 1. The first kappa shape index (κ1) is 13.1. The van der Waals surface area contributed by atoms with E-state index >= 15 is 0 Å². The Morgan fingerprint density at radius 2 is 2.00 bits per heavy atom. The van der Waals surface area contributed by atoms with Crippen molar-refractivity contribution < 1.29 is 4.74 Å². The average Bonchev–Trinajstić information content (AvgIpc) is 2.55. The van der Waals surface area contributed by atoms with Crippen molar-refractivity contribution >= 4 is 0 Å². The molecule has 0 radical (unpaired) electrons. The van der Waals surface area contributed by atoms with Crippen molar-refractivity contribution in [2.45, 2.75) is 31.9 Å². The van der Waals surface area contributed by atoms with Crippen LogP contribution in [0.25, 0.3) is 0 Å². The van der Waals surface area contributed by atoms with Gasteiger partial charge in [-0.15, -0.1) is 0 Å². The van der Waals surface area contributed by atoms with Gasteiger partial charge < -0.3 is 10.1 Å². The van der Waals surface area contributed by atoms with Crippen molar-refractivity contribution in [3.05, 3.63) is 59.8 Å². The fraction of sp³-hybridized carbons (Fsp3) is 0.353. The van der Waals surface area contributed by atoms with Gasteiger partial charge in [0, 0.05) is 17.8 Å². The van der Waals surface area contributed by atoms with E-state index in [4.69, 9.17) is 4.74 Å². The highest BCUT2D eigenvalue weighted by Gasteiger charge is 2.19. The van der Waals surface area contributed by atoms with Crippen LogP contribution in [0.3, 0.4) is 0 Å². The maximum Gasteiger partial charge on any atom is 0.218 e. The maximum atomic E-state index is 5.93. The van der Waals surface area contributed by atoms with E-state index in [-0.39, 0.29) is 0 Å². The Hall–Kier alpha value is -1.87. The SMILES string of the molecule is c1ccc(COc2ncccc2[C@@H]2CCCCN2)cc1. The summed E-state index contributed by atoms with van der Waals surface area (Å²) in [7, 11) is 0. The molecule has 0 aliphatic carbocycles. The summed E-state index contributed by atoms with van der Waals surface area (Å²) in [5.41, 5.74) is 2.35. The molecule has 3 heteroatoms. The summed E-state index contributed by atoms with van der Waals surface area (Å²) in [5, 5.41) is 3.55.